The monoisotopic (exact) mass is 316 g/mol. The number of hydrogen-bond acceptors (Lipinski definition) is 6. The SMILES string of the molecule is CCCCCC/C(C(=O)OO)=C(/CCCCCC)C(=O)OO. The van der Waals surface area contributed by atoms with Gasteiger partial charge in [0.2, 0.25) is 0 Å². The van der Waals surface area contributed by atoms with E-state index in [0.29, 0.717) is 25.7 Å². The first-order valence-electron chi connectivity index (χ1n) is 8.05. The van der Waals surface area contributed by atoms with Crippen LogP contribution in [0.3, 0.4) is 0 Å². The van der Waals surface area contributed by atoms with Crippen molar-refractivity contribution >= 4 is 11.9 Å². The lowest BCUT2D eigenvalue weighted by atomic mass is 9.96. The number of carbonyl (C=O) groups is 2. The Bertz CT molecular complexity index is 328. The van der Waals surface area contributed by atoms with Gasteiger partial charge in [0.05, 0.1) is 11.1 Å². The fourth-order valence-electron chi connectivity index (χ4n) is 2.32. The fourth-order valence-corrected chi connectivity index (χ4v) is 2.32. The zero-order chi connectivity index (χ0) is 16.8. The lowest BCUT2D eigenvalue weighted by Gasteiger charge is -2.11. The molecule has 0 saturated carbocycles. The third-order valence-corrected chi connectivity index (χ3v) is 3.58. The predicted octanol–water partition coefficient (Wildman–Crippen LogP) is 4.26. The van der Waals surface area contributed by atoms with Gasteiger partial charge < -0.3 is 0 Å². The predicted molar refractivity (Wildman–Crippen MR) is 82.0 cm³/mol. The van der Waals surface area contributed by atoms with E-state index in [1.165, 1.54) is 0 Å². The first-order chi connectivity index (χ1) is 10.6. The summed E-state index contributed by atoms with van der Waals surface area (Å²) in [5.41, 5.74) is 0.184. The smallest absolute Gasteiger partial charge is 0.296 e. The van der Waals surface area contributed by atoms with Crippen LogP contribution in [-0.2, 0) is 19.4 Å². The highest BCUT2D eigenvalue weighted by molar-refractivity contribution is 5.99. The average molecular weight is 316 g/mol. The molecule has 0 heterocycles. The third-order valence-electron chi connectivity index (χ3n) is 3.58. The second kappa shape index (κ2) is 13.3. The molecule has 128 valence electrons. The van der Waals surface area contributed by atoms with E-state index in [1.54, 1.807) is 0 Å². The highest BCUT2D eigenvalue weighted by Gasteiger charge is 2.23. The second-order valence-electron chi connectivity index (χ2n) is 5.34. The average Bonchev–Trinajstić information content (AvgIpc) is 2.54. The van der Waals surface area contributed by atoms with Gasteiger partial charge in [-0.15, -0.1) is 0 Å². The van der Waals surface area contributed by atoms with Crippen molar-refractivity contribution in [3.8, 4) is 0 Å². The zero-order valence-corrected chi connectivity index (χ0v) is 13.6. The maximum atomic E-state index is 11.7. The van der Waals surface area contributed by atoms with Crippen LogP contribution in [0.15, 0.2) is 11.1 Å². The summed E-state index contributed by atoms with van der Waals surface area (Å²) in [5.74, 6) is -1.90. The Kier molecular flexibility index (Phi) is 12.4. The molecule has 0 bridgehead atoms. The van der Waals surface area contributed by atoms with Gasteiger partial charge in [0.1, 0.15) is 0 Å². The minimum atomic E-state index is -0.951. The molecule has 0 aromatic rings. The summed E-state index contributed by atoms with van der Waals surface area (Å²) < 4.78 is 0. The fraction of sp³-hybridized carbons (Fsp3) is 0.750. The number of carbonyl (C=O) groups excluding carboxylic acids is 2. The first kappa shape index (κ1) is 20.6. The van der Waals surface area contributed by atoms with Crippen molar-refractivity contribution in [1.82, 2.24) is 0 Å². The Balaban J connectivity index is 5.01. The summed E-state index contributed by atoms with van der Waals surface area (Å²) in [6.45, 7) is 4.14. The van der Waals surface area contributed by atoms with Crippen LogP contribution in [0.25, 0.3) is 0 Å². The highest BCUT2D eigenvalue weighted by Crippen LogP contribution is 2.22. The summed E-state index contributed by atoms with van der Waals surface area (Å²) in [4.78, 5) is 31.0. The summed E-state index contributed by atoms with van der Waals surface area (Å²) in [5, 5.41) is 17.2. The van der Waals surface area contributed by atoms with E-state index < -0.39 is 11.9 Å². The van der Waals surface area contributed by atoms with E-state index in [-0.39, 0.29) is 11.1 Å². The van der Waals surface area contributed by atoms with E-state index in [2.05, 4.69) is 23.6 Å². The standard InChI is InChI=1S/C16H28O6/c1-3-5-7-9-11-13(15(17)21-19)14(16(18)22-20)12-10-8-6-4-2/h19-20H,3-12H2,1-2H3/b14-13+. The topological polar surface area (TPSA) is 93.1 Å². The number of unbranched alkanes of at least 4 members (excludes halogenated alkanes) is 6. The summed E-state index contributed by atoms with van der Waals surface area (Å²) in [7, 11) is 0. The van der Waals surface area contributed by atoms with Gasteiger partial charge in [-0.1, -0.05) is 52.4 Å². The van der Waals surface area contributed by atoms with E-state index in [0.717, 1.165) is 38.5 Å². The Hall–Kier alpha value is -1.40. The van der Waals surface area contributed by atoms with Crippen LogP contribution in [0.2, 0.25) is 0 Å². The summed E-state index contributed by atoms with van der Waals surface area (Å²) in [6.07, 6.45) is 8.01. The molecule has 0 fully saturated rings. The van der Waals surface area contributed by atoms with Gasteiger partial charge in [-0.2, -0.15) is 10.5 Å². The molecule has 6 heteroatoms. The van der Waals surface area contributed by atoms with Gasteiger partial charge in [0.15, 0.2) is 0 Å². The molecule has 0 saturated heterocycles. The first-order valence-corrected chi connectivity index (χ1v) is 8.05. The lowest BCUT2D eigenvalue weighted by molar-refractivity contribution is -0.232. The minimum Gasteiger partial charge on any atom is -0.296 e. The van der Waals surface area contributed by atoms with Crippen LogP contribution < -0.4 is 0 Å². The molecule has 22 heavy (non-hydrogen) atoms. The molecule has 0 aliphatic heterocycles. The van der Waals surface area contributed by atoms with Gasteiger partial charge in [0.25, 0.3) is 0 Å². The zero-order valence-electron chi connectivity index (χ0n) is 13.6. The van der Waals surface area contributed by atoms with Crippen molar-refractivity contribution in [3.63, 3.8) is 0 Å². The Morgan fingerprint density at radius 2 is 1.05 bits per heavy atom. The molecule has 0 rings (SSSR count). The molecule has 0 atom stereocenters. The van der Waals surface area contributed by atoms with Crippen molar-refractivity contribution in [2.45, 2.75) is 78.1 Å². The van der Waals surface area contributed by atoms with Crippen LogP contribution in [0, 0.1) is 0 Å². The quantitative estimate of drug-likeness (QED) is 0.242. The van der Waals surface area contributed by atoms with E-state index in [9.17, 15) is 9.59 Å². The van der Waals surface area contributed by atoms with Crippen LogP contribution in [0.1, 0.15) is 78.1 Å². The molecule has 0 aliphatic rings. The van der Waals surface area contributed by atoms with Gasteiger partial charge >= 0.3 is 11.9 Å². The van der Waals surface area contributed by atoms with Gasteiger partial charge in [-0.05, 0) is 25.7 Å². The molecule has 0 aromatic heterocycles. The number of rotatable bonds is 12. The van der Waals surface area contributed by atoms with Crippen LogP contribution >= 0.6 is 0 Å². The van der Waals surface area contributed by atoms with E-state index in [1.807, 2.05) is 0 Å². The molecule has 2 N–H and O–H groups in total. The largest absolute Gasteiger partial charge is 0.369 e. The molecule has 0 radical (unpaired) electrons. The molecule has 6 nitrogen and oxygen atoms in total. The molecule has 0 unspecified atom stereocenters. The van der Waals surface area contributed by atoms with Crippen LogP contribution in [-0.4, -0.2) is 22.5 Å². The highest BCUT2D eigenvalue weighted by atomic mass is 17.1. The molecule has 0 aromatic carbocycles. The molecular weight excluding hydrogens is 288 g/mol. The Morgan fingerprint density at radius 3 is 1.32 bits per heavy atom. The third kappa shape index (κ3) is 8.14. The van der Waals surface area contributed by atoms with Crippen molar-refractivity contribution in [2.24, 2.45) is 0 Å². The van der Waals surface area contributed by atoms with Gasteiger partial charge in [-0.25, -0.2) is 9.59 Å². The van der Waals surface area contributed by atoms with Crippen molar-refractivity contribution in [2.75, 3.05) is 0 Å². The minimum absolute atomic E-state index is 0.0918. The normalized spacial score (nSPS) is 11.8. The Labute approximate surface area is 132 Å². The van der Waals surface area contributed by atoms with Crippen LogP contribution in [0.5, 0.6) is 0 Å². The summed E-state index contributed by atoms with van der Waals surface area (Å²) >= 11 is 0. The second-order valence-corrected chi connectivity index (χ2v) is 5.34. The van der Waals surface area contributed by atoms with Crippen LogP contribution in [0.4, 0.5) is 0 Å². The summed E-state index contributed by atoms with van der Waals surface area (Å²) in [6, 6.07) is 0. The van der Waals surface area contributed by atoms with Crippen molar-refractivity contribution < 1.29 is 29.9 Å². The lowest BCUT2D eigenvalue weighted by Crippen LogP contribution is -2.15. The van der Waals surface area contributed by atoms with E-state index >= 15 is 0 Å². The molecular formula is C16H28O6. The maximum absolute atomic E-state index is 11.7. The van der Waals surface area contributed by atoms with Gasteiger partial charge in [0, 0.05) is 0 Å². The molecule has 0 amide bonds. The van der Waals surface area contributed by atoms with Gasteiger partial charge in [-0.3, -0.25) is 9.78 Å². The van der Waals surface area contributed by atoms with Crippen molar-refractivity contribution in [1.29, 1.82) is 0 Å². The maximum Gasteiger partial charge on any atom is 0.369 e. The Morgan fingerprint density at radius 1 is 0.682 bits per heavy atom. The van der Waals surface area contributed by atoms with E-state index in [4.69, 9.17) is 10.5 Å². The number of hydrogen-bond donors (Lipinski definition) is 2. The molecule has 0 aliphatic carbocycles. The van der Waals surface area contributed by atoms with Crippen molar-refractivity contribution in [3.05, 3.63) is 11.1 Å². The molecule has 0 spiro atoms.